The number of amides is 2. The van der Waals surface area contributed by atoms with Gasteiger partial charge in [0.05, 0.1) is 24.5 Å². The number of ether oxygens (including phenoxy) is 1. The molecule has 1 fully saturated rings. The molecule has 21 heavy (non-hydrogen) atoms. The minimum atomic E-state index is -0.676. The lowest BCUT2D eigenvalue weighted by molar-refractivity contribution is 0.0398. The van der Waals surface area contributed by atoms with Crippen LogP contribution >= 0.6 is 11.3 Å². The number of thiophene rings is 1. The molecule has 7 N–H and O–H groups in total. The highest BCUT2D eigenvalue weighted by atomic mass is 32.1. The molecule has 0 saturated carbocycles. The van der Waals surface area contributed by atoms with Gasteiger partial charge in [0.15, 0.2) is 0 Å². The van der Waals surface area contributed by atoms with Crippen LogP contribution in [0.5, 0.6) is 0 Å². The highest BCUT2D eigenvalue weighted by Crippen LogP contribution is 2.34. The van der Waals surface area contributed by atoms with Crippen LogP contribution in [-0.2, 0) is 4.74 Å². The topological polar surface area (TPSA) is 137 Å². The number of nitrogens with zero attached hydrogens (tertiary/aromatic N) is 1. The maximum absolute atomic E-state index is 11.5. The zero-order valence-corrected chi connectivity index (χ0v) is 12.4. The molecule has 0 spiro atoms. The van der Waals surface area contributed by atoms with Gasteiger partial charge >= 0.3 is 0 Å². The van der Waals surface area contributed by atoms with E-state index in [4.69, 9.17) is 21.9 Å². The Kier molecular flexibility index (Phi) is 4.99. The van der Waals surface area contributed by atoms with Crippen molar-refractivity contribution in [2.75, 3.05) is 50.4 Å². The van der Waals surface area contributed by atoms with Gasteiger partial charge in [-0.25, -0.2) is 0 Å². The Hall–Kier alpha value is -1.84. The van der Waals surface area contributed by atoms with Gasteiger partial charge in [-0.1, -0.05) is 0 Å². The van der Waals surface area contributed by atoms with Crippen LogP contribution in [0.2, 0.25) is 0 Å². The molecule has 0 bridgehead atoms. The van der Waals surface area contributed by atoms with Crippen LogP contribution in [-0.4, -0.2) is 56.1 Å². The molecule has 1 aromatic rings. The van der Waals surface area contributed by atoms with Crippen LogP contribution in [0.1, 0.15) is 20.0 Å². The summed E-state index contributed by atoms with van der Waals surface area (Å²) in [4.78, 5) is 25.1. The SMILES string of the molecule is NC(=O)c1sc(NCCN2CCOCC2)c(C(N)=O)c1N. The number of primary amides is 2. The fraction of sp³-hybridized carbons (Fsp3) is 0.500. The monoisotopic (exact) mass is 313 g/mol. The summed E-state index contributed by atoms with van der Waals surface area (Å²) < 4.78 is 5.27. The molecular formula is C12H19N5O3S. The van der Waals surface area contributed by atoms with Crippen LogP contribution in [0.3, 0.4) is 0 Å². The second-order valence-corrected chi connectivity index (χ2v) is 5.68. The summed E-state index contributed by atoms with van der Waals surface area (Å²) in [5.74, 6) is -1.34. The predicted octanol–water partition coefficient (Wildman–Crippen LogP) is -0.728. The van der Waals surface area contributed by atoms with Gasteiger partial charge in [-0.15, -0.1) is 11.3 Å². The Bertz CT molecular complexity index is 539. The number of hydrogen-bond acceptors (Lipinski definition) is 7. The largest absolute Gasteiger partial charge is 0.397 e. The molecule has 1 aromatic heterocycles. The Balaban J connectivity index is 2.03. The minimum absolute atomic E-state index is 0.0499. The molecule has 0 aliphatic carbocycles. The molecule has 0 unspecified atom stereocenters. The number of anilines is 2. The smallest absolute Gasteiger partial charge is 0.260 e. The van der Waals surface area contributed by atoms with Crippen molar-refractivity contribution in [3.63, 3.8) is 0 Å². The van der Waals surface area contributed by atoms with E-state index < -0.39 is 11.8 Å². The van der Waals surface area contributed by atoms with Crippen molar-refractivity contribution in [3.05, 3.63) is 10.4 Å². The summed E-state index contributed by atoms with van der Waals surface area (Å²) in [6, 6.07) is 0. The number of rotatable bonds is 6. The average Bonchev–Trinajstić information content (AvgIpc) is 2.77. The highest BCUT2D eigenvalue weighted by Gasteiger charge is 2.22. The maximum Gasteiger partial charge on any atom is 0.260 e. The van der Waals surface area contributed by atoms with Crippen molar-refractivity contribution in [2.45, 2.75) is 0 Å². The molecule has 2 amide bonds. The fourth-order valence-corrected chi connectivity index (χ4v) is 3.15. The van der Waals surface area contributed by atoms with Crippen molar-refractivity contribution >= 4 is 33.8 Å². The van der Waals surface area contributed by atoms with Gasteiger partial charge in [0.2, 0.25) is 0 Å². The van der Waals surface area contributed by atoms with E-state index in [0.717, 1.165) is 44.2 Å². The molecule has 116 valence electrons. The Labute approximate surface area is 126 Å². The highest BCUT2D eigenvalue weighted by molar-refractivity contribution is 7.19. The first-order valence-electron chi connectivity index (χ1n) is 6.56. The molecule has 8 nitrogen and oxygen atoms in total. The molecule has 2 rings (SSSR count). The molecule has 1 aliphatic rings. The zero-order chi connectivity index (χ0) is 15.4. The predicted molar refractivity (Wildman–Crippen MR) is 81.5 cm³/mol. The molecule has 1 aliphatic heterocycles. The van der Waals surface area contributed by atoms with E-state index in [9.17, 15) is 9.59 Å². The summed E-state index contributed by atoms with van der Waals surface area (Å²) in [7, 11) is 0. The second kappa shape index (κ2) is 6.74. The number of morpholine rings is 1. The molecule has 0 atom stereocenters. The molecule has 2 heterocycles. The molecule has 1 saturated heterocycles. The fourth-order valence-electron chi connectivity index (χ4n) is 2.15. The van der Waals surface area contributed by atoms with Crippen LogP contribution < -0.4 is 22.5 Å². The molecule has 0 radical (unpaired) electrons. The lowest BCUT2D eigenvalue weighted by atomic mass is 10.2. The lowest BCUT2D eigenvalue weighted by Crippen LogP contribution is -2.39. The average molecular weight is 313 g/mol. The maximum atomic E-state index is 11.5. The van der Waals surface area contributed by atoms with Crippen molar-refractivity contribution in [2.24, 2.45) is 11.5 Å². The van der Waals surface area contributed by atoms with Gasteiger partial charge in [-0.05, 0) is 0 Å². The standard InChI is InChI=1S/C12H19N5O3S/c13-8-7(10(14)18)12(21-9(8)11(15)19)16-1-2-17-3-5-20-6-4-17/h16H,1-6,13H2,(H2,14,18)(H2,15,19). The first kappa shape index (κ1) is 15.5. The van der Waals surface area contributed by atoms with Gasteiger partial charge in [0, 0.05) is 26.2 Å². The number of nitrogen functional groups attached to an aromatic ring is 1. The van der Waals surface area contributed by atoms with Crippen molar-refractivity contribution in [3.8, 4) is 0 Å². The van der Waals surface area contributed by atoms with Gasteiger partial charge in [-0.3, -0.25) is 14.5 Å². The van der Waals surface area contributed by atoms with Crippen LogP contribution in [0, 0.1) is 0 Å². The van der Waals surface area contributed by atoms with E-state index in [1.54, 1.807) is 0 Å². The Morgan fingerprint density at radius 3 is 2.48 bits per heavy atom. The lowest BCUT2D eigenvalue weighted by Gasteiger charge is -2.26. The third-order valence-electron chi connectivity index (χ3n) is 3.23. The van der Waals surface area contributed by atoms with E-state index in [2.05, 4.69) is 10.2 Å². The number of carbonyl (C=O) groups is 2. The van der Waals surface area contributed by atoms with Crippen molar-refractivity contribution in [1.82, 2.24) is 4.90 Å². The van der Waals surface area contributed by atoms with Gasteiger partial charge in [0.1, 0.15) is 9.88 Å². The van der Waals surface area contributed by atoms with E-state index in [1.165, 1.54) is 0 Å². The number of nitrogens with two attached hydrogens (primary N) is 3. The van der Waals surface area contributed by atoms with Gasteiger partial charge in [0.25, 0.3) is 11.8 Å². The summed E-state index contributed by atoms with van der Waals surface area (Å²) in [6.07, 6.45) is 0. The van der Waals surface area contributed by atoms with E-state index in [0.29, 0.717) is 11.5 Å². The Morgan fingerprint density at radius 2 is 1.90 bits per heavy atom. The quantitative estimate of drug-likeness (QED) is 0.546. The summed E-state index contributed by atoms with van der Waals surface area (Å²) in [5.41, 5.74) is 16.5. The number of hydrogen-bond donors (Lipinski definition) is 4. The third kappa shape index (κ3) is 3.63. The Morgan fingerprint density at radius 1 is 1.24 bits per heavy atom. The van der Waals surface area contributed by atoms with Crippen molar-refractivity contribution in [1.29, 1.82) is 0 Å². The summed E-state index contributed by atoms with van der Waals surface area (Å²) in [5, 5.41) is 3.59. The first-order valence-corrected chi connectivity index (χ1v) is 7.38. The van der Waals surface area contributed by atoms with Crippen LogP contribution in [0.25, 0.3) is 0 Å². The first-order chi connectivity index (χ1) is 10.0. The number of carbonyl (C=O) groups excluding carboxylic acids is 2. The minimum Gasteiger partial charge on any atom is -0.397 e. The van der Waals surface area contributed by atoms with Crippen molar-refractivity contribution < 1.29 is 14.3 Å². The van der Waals surface area contributed by atoms with Crippen LogP contribution in [0.15, 0.2) is 0 Å². The van der Waals surface area contributed by atoms with E-state index in [1.807, 2.05) is 0 Å². The molecular weight excluding hydrogens is 294 g/mol. The normalized spacial score (nSPS) is 15.8. The van der Waals surface area contributed by atoms with E-state index in [-0.39, 0.29) is 16.1 Å². The molecule has 9 heteroatoms. The summed E-state index contributed by atoms with van der Waals surface area (Å²) >= 11 is 1.05. The molecule has 0 aromatic carbocycles. The van der Waals surface area contributed by atoms with E-state index >= 15 is 0 Å². The zero-order valence-electron chi connectivity index (χ0n) is 11.6. The van der Waals surface area contributed by atoms with Gasteiger partial charge < -0.3 is 27.3 Å². The van der Waals surface area contributed by atoms with Gasteiger partial charge in [-0.2, -0.15) is 0 Å². The van der Waals surface area contributed by atoms with Crippen LogP contribution in [0.4, 0.5) is 10.7 Å². The number of nitrogens with one attached hydrogen (secondary N) is 1. The second-order valence-electron chi connectivity index (χ2n) is 4.66. The third-order valence-corrected chi connectivity index (χ3v) is 4.41. The summed E-state index contributed by atoms with van der Waals surface area (Å²) in [6.45, 7) is 4.62.